The highest BCUT2D eigenvalue weighted by Crippen LogP contribution is 2.27. The number of anilines is 1. The van der Waals surface area contributed by atoms with Crippen molar-refractivity contribution < 1.29 is 9.59 Å². The number of carbonyl (C=O) groups is 2. The van der Waals surface area contributed by atoms with Crippen LogP contribution in [0.25, 0.3) is 0 Å². The maximum absolute atomic E-state index is 12.2. The predicted octanol–water partition coefficient (Wildman–Crippen LogP) is 2.58. The Morgan fingerprint density at radius 3 is 2.68 bits per heavy atom. The first-order chi connectivity index (χ1) is 12.1. The molecule has 1 aliphatic carbocycles. The Hall–Kier alpha value is -2.55. The zero-order valence-corrected chi connectivity index (χ0v) is 14.7. The van der Waals surface area contributed by atoms with Gasteiger partial charge in [-0.15, -0.1) is 0 Å². The van der Waals surface area contributed by atoms with Crippen LogP contribution in [0.5, 0.6) is 0 Å². The fourth-order valence-electron chi connectivity index (χ4n) is 3.02. The summed E-state index contributed by atoms with van der Waals surface area (Å²) in [5.41, 5.74) is 0.535. The topological polar surface area (TPSA) is 94.0 Å². The number of hydrogen-bond acceptors (Lipinski definition) is 4. The molecule has 0 spiro atoms. The summed E-state index contributed by atoms with van der Waals surface area (Å²) in [6.45, 7) is 2.70. The third kappa shape index (κ3) is 5.49. The van der Waals surface area contributed by atoms with Gasteiger partial charge < -0.3 is 16.0 Å². The summed E-state index contributed by atoms with van der Waals surface area (Å²) in [5, 5.41) is 18.1. The van der Waals surface area contributed by atoms with Crippen molar-refractivity contribution in [3.63, 3.8) is 0 Å². The molecular weight excluding hydrogens is 316 g/mol. The van der Waals surface area contributed by atoms with Crippen LogP contribution in [0.2, 0.25) is 0 Å². The summed E-state index contributed by atoms with van der Waals surface area (Å²) in [6, 6.07) is 9.32. The molecule has 2 rings (SSSR count). The molecule has 1 aromatic rings. The van der Waals surface area contributed by atoms with Gasteiger partial charge in [0.2, 0.25) is 5.91 Å². The number of rotatable bonds is 7. The molecule has 1 saturated carbocycles. The molecule has 0 unspecified atom stereocenters. The number of amides is 2. The van der Waals surface area contributed by atoms with Crippen molar-refractivity contribution in [1.29, 1.82) is 5.26 Å². The minimum Gasteiger partial charge on any atom is -0.376 e. The molecule has 1 aliphatic rings. The lowest BCUT2D eigenvalue weighted by molar-refractivity contribution is -0.121. The van der Waals surface area contributed by atoms with Crippen molar-refractivity contribution in [2.24, 2.45) is 0 Å². The molecular formula is C19H26N4O2. The monoisotopic (exact) mass is 342 g/mol. The van der Waals surface area contributed by atoms with Gasteiger partial charge in [-0.3, -0.25) is 9.59 Å². The van der Waals surface area contributed by atoms with Gasteiger partial charge in [0.15, 0.2) is 0 Å². The summed E-state index contributed by atoms with van der Waals surface area (Å²) in [7, 11) is 0. The van der Waals surface area contributed by atoms with Gasteiger partial charge in [-0.1, -0.05) is 32.3 Å². The zero-order chi connectivity index (χ0) is 18.1. The average Bonchev–Trinajstić information content (AvgIpc) is 2.65. The fraction of sp³-hybridized carbons (Fsp3) is 0.526. The van der Waals surface area contributed by atoms with Crippen LogP contribution in [0.3, 0.4) is 0 Å². The normalized spacial score (nSPS) is 15.7. The molecule has 0 heterocycles. The molecule has 0 aromatic heterocycles. The highest BCUT2D eigenvalue weighted by Gasteiger charge is 2.33. The van der Waals surface area contributed by atoms with Gasteiger partial charge in [0.05, 0.1) is 12.6 Å². The molecule has 134 valence electrons. The van der Waals surface area contributed by atoms with E-state index in [0.717, 1.165) is 25.7 Å². The van der Waals surface area contributed by atoms with Gasteiger partial charge in [0.25, 0.3) is 5.91 Å². The number of nitriles is 1. The quantitative estimate of drug-likeness (QED) is 0.710. The first-order valence-corrected chi connectivity index (χ1v) is 8.93. The molecule has 6 nitrogen and oxygen atoms in total. The Balaban J connectivity index is 1.89. The van der Waals surface area contributed by atoms with E-state index >= 15 is 0 Å². The fourth-order valence-corrected chi connectivity index (χ4v) is 3.02. The maximum Gasteiger partial charge on any atom is 0.251 e. The lowest BCUT2D eigenvalue weighted by Crippen LogP contribution is -2.50. The second-order valence-electron chi connectivity index (χ2n) is 6.49. The van der Waals surface area contributed by atoms with E-state index in [1.807, 2.05) is 13.0 Å². The van der Waals surface area contributed by atoms with Crippen LogP contribution in [0.1, 0.15) is 55.8 Å². The molecule has 1 fully saturated rings. The smallest absolute Gasteiger partial charge is 0.251 e. The van der Waals surface area contributed by atoms with Crippen LogP contribution in [-0.2, 0) is 4.79 Å². The highest BCUT2D eigenvalue weighted by molar-refractivity contribution is 5.95. The van der Waals surface area contributed by atoms with Crippen molar-refractivity contribution in [3.8, 4) is 6.07 Å². The number of nitrogens with one attached hydrogen (secondary N) is 3. The highest BCUT2D eigenvalue weighted by atomic mass is 16.2. The Morgan fingerprint density at radius 1 is 1.24 bits per heavy atom. The van der Waals surface area contributed by atoms with Gasteiger partial charge in [0.1, 0.15) is 5.54 Å². The zero-order valence-electron chi connectivity index (χ0n) is 14.7. The third-order valence-electron chi connectivity index (χ3n) is 4.41. The summed E-state index contributed by atoms with van der Waals surface area (Å²) in [5.74, 6) is -0.329. The van der Waals surface area contributed by atoms with Crippen LogP contribution in [0.15, 0.2) is 24.3 Å². The number of benzene rings is 1. The van der Waals surface area contributed by atoms with E-state index in [0.29, 0.717) is 30.6 Å². The van der Waals surface area contributed by atoms with Gasteiger partial charge >= 0.3 is 0 Å². The minimum absolute atomic E-state index is 0.0729. The third-order valence-corrected chi connectivity index (χ3v) is 4.41. The van der Waals surface area contributed by atoms with Crippen LogP contribution in [0.4, 0.5) is 5.69 Å². The molecule has 0 saturated heterocycles. The van der Waals surface area contributed by atoms with Crippen LogP contribution in [0, 0.1) is 11.3 Å². The lowest BCUT2D eigenvalue weighted by Gasteiger charge is -2.31. The molecule has 2 amide bonds. The lowest BCUT2D eigenvalue weighted by atomic mass is 9.83. The van der Waals surface area contributed by atoms with E-state index in [-0.39, 0.29) is 18.4 Å². The van der Waals surface area contributed by atoms with Crippen molar-refractivity contribution >= 4 is 17.5 Å². The summed E-state index contributed by atoms with van der Waals surface area (Å²) in [6.07, 6.45) is 5.35. The molecule has 6 heteroatoms. The molecule has 25 heavy (non-hydrogen) atoms. The van der Waals surface area contributed by atoms with E-state index in [4.69, 9.17) is 0 Å². The van der Waals surface area contributed by atoms with Gasteiger partial charge in [-0.25, -0.2) is 0 Å². The van der Waals surface area contributed by atoms with Crippen molar-refractivity contribution in [1.82, 2.24) is 10.6 Å². The average molecular weight is 342 g/mol. The molecule has 1 aromatic carbocycles. The molecule has 0 radical (unpaired) electrons. The Bertz CT molecular complexity index is 645. The van der Waals surface area contributed by atoms with Crippen LogP contribution < -0.4 is 16.0 Å². The summed E-state index contributed by atoms with van der Waals surface area (Å²) >= 11 is 0. The van der Waals surface area contributed by atoms with E-state index < -0.39 is 5.54 Å². The molecule has 0 bridgehead atoms. The number of hydrogen-bond donors (Lipinski definition) is 3. The SMILES string of the molecule is CCCNC(=O)c1cccc(NCC(=O)NC2(C#N)CCCCC2)c1. The summed E-state index contributed by atoms with van der Waals surface area (Å²) in [4.78, 5) is 24.2. The molecule has 0 atom stereocenters. The second kappa shape index (κ2) is 9.07. The van der Waals surface area contributed by atoms with Gasteiger partial charge in [-0.2, -0.15) is 5.26 Å². The van der Waals surface area contributed by atoms with E-state index in [1.165, 1.54) is 0 Å². The second-order valence-corrected chi connectivity index (χ2v) is 6.49. The first-order valence-electron chi connectivity index (χ1n) is 8.93. The van der Waals surface area contributed by atoms with E-state index in [9.17, 15) is 14.9 Å². The Kier molecular flexibility index (Phi) is 6.81. The predicted molar refractivity (Wildman–Crippen MR) is 97.1 cm³/mol. The number of nitrogens with zero attached hydrogens (tertiary/aromatic N) is 1. The molecule has 0 aliphatic heterocycles. The van der Waals surface area contributed by atoms with Gasteiger partial charge in [0, 0.05) is 17.8 Å². The Labute approximate surface area is 149 Å². The standard InChI is InChI=1S/C19H26N4O2/c1-2-11-21-18(25)15-7-6-8-16(12-15)22-13-17(24)23-19(14-20)9-4-3-5-10-19/h6-8,12,22H,2-5,9-11,13H2,1H3,(H,21,25)(H,23,24). The minimum atomic E-state index is -0.723. The number of carbonyl (C=O) groups excluding carboxylic acids is 2. The van der Waals surface area contributed by atoms with Crippen molar-refractivity contribution in [2.75, 3.05) is 18.4 Å². The van der Waals surface area contributed by atoms with Crippen LogP contribution in [-0.4, -0.2) is 30.4 Å². The van der Waals surface area contributed by atoms with E-state index in [2.05, 4.69) is 22.0 Å². The Morgan fingerprint density at radius 2 is 2.00 bits per heavy atom. The van der Waals surface area contributed by atoms with Crippen molar-refractivity contribution in [3.05, 3.63) is 29.8 Å². The largest absolute Gasteiger partial charge is 0.376 e. The van der Waals surface area contributed by atoms with Gasteiger partial charge in [-0.05, 0) is 37.5 Å². The summed E-state index contributed by atoms with van der Waals surface area (Å²) < 4.78 is 0. The molecule has 3 N–H and O–H groups in total. The maximum atomic E-state index is 12.2. The van der Waals surface area contributed by atoms with Crippen LogP contribution >= 0.6 is 0 Å². The first kappa shape index (κ1) is 18.8. The van der Waals surface area contributed by atoms with Crippen molar-refractivity contribution in [2.45, 2.75) is 51.0 Å². The van der Waals surface area contributed by atoms with E-state index in [1.54, 1.807) is 18.2 Å².